The number of aromatic nitrogens is 2. The summed E-state index contributed by atoms with van der Waals surface area (Å²) < 4.78 is 1.61. The third-order valence-corrected chi connectivity index (χ3v) is 6.45. The Kier molecular flexibility index (Phi) is 7.89. The lowest BCUT2D eigenvalue weighted by molar-refractivity contribution is -0.132. The van der Waals surface area contributed by atoms with Crippen molar-refractivity contribution in [1.82, 2.24) is 14.5 Å². The van der Waals surface area contributed by atoms with Crippen LogP contribution in [0.5, 0.6) is 0 Å². The fourth-order valence-electron chi connectivity index (χ4n) is 4.37. The second kappa shape index (κ2) is 11.1. The summed E-state index contributed by atoms with van der Waals surface area (Å²) in [5.74, 6) is 0.0755. The highest BCUT2D eigenvalue weighted by Crippen LogP contribution is 2.28. The summed E-state index contributed by atoms with van der Waals surface area (Å²) >= 11 is 12.2. The van der Waals surface area contributed by atoms with Crippen molar-refractivity contribution in [3.8, 4) is 5.69 Å². The third kappa shape index (κ3) is 5.42. The predicted molar refractivity (Wildman–Crippen MR) is 142 cm³/mol. The van der Waals surface area contributed by atoms with Gasteiger partial charge >= 0.3 is 0 Å². The molecule has 4 rings (SSSR count). The van der Waals surface area contributed by atoms with Crippen LogP contribution in [0.1, 0.15) is 36.3 Å². The van der Waals surface area contributed by atoms with Crippen LogP contribution >= 0.6 is 23.2 Å². The Bertz CT molecular complexity index is 1390. The van der Waals surface area contributed by atoms with Gasteiger partial charge in [0.05, 0.1) is 22.6 Å². The Labute approximate surface area is 214 Å². The van der Waals surface area contributed by atoms with Gasteiger partial charge in [-0.3, -0.25) is 14.2 Å². The van der Waals surface area contributed by atoms with E-state index in [1.54, 1.807) is 15.5 Å². The zero-order valence-corrected chi connectivity index (χ0v) is 21.2. The van der Waals surface area contributed by atoms with Gasteiger partial charge in [0.1, 0.15) is 5.82 Å². The maximum absolute atomic E-state index is 13.8. The number of carbonyl (C=O) groups is 1. The summed E-state index contributed by atoms with van der Waals surface area (Å²) in [6.07, 6.45) is 1.14. The Balaban J connectivity index is 1.89. The van der Waals surface area contributed by atoms with Gasteiger partial charge in [0.2, 0.25) is 0 Å². The lowest BCUT2D eigenvalue weighted by Crippen LogP contribution is -2.42. The molecule has 0 aliphatic heterocycles. The lowest BCUT2D eigenvalue weighted by Gasteiger charge is -2.33. The number of benzene rings is 3. The average molecular weight is 508 g/mol. The largest absolute Gasteiger partial charge is 0.330 e. The fourth-order valence-corrected chi connectivity index (χ4v) is 4.62. The topological polar surface area (TPSA) is 55.2 Å². The van der Waals surface area contributed by atoms with E-state index in [1.165, 1.54) is 0 Å². The van der Waals surface area contributed by atoms with Crippen LogP contribution in [0.2, 0.25) is 0 Å². The molecule has 7 heteroatoms. The molecular weight excluding hydrogens is 481 g/mol. The first-order valence-electron chi connectivity index (χ1n) is 11.6. The predicted octanol–water partition coefficient (Wildman–Crippen LogP) is 6.02. The van der Waals surface area contributed by atoms with E-state index in [-0.39, 0.29) is 5.56 Å². The van der Waals surface area contributed by atoms with Crippen LogP contribution in [0.4, 0.5) is 0 Å². The molecule has 0 spiro atoms. The summed E-state index contributed by atoms with van der Waals surface area (Å²) in [6, 6.07) is 24.4. The van der Waals surface area contributed by atoms with Gasteiger partial charge < -0.3 is 4.90 Å². The number of nitrogens with zero attached hydrogens (tertiary/aromatic N) is 3. The summed E-state index contributed by atoms with van der Waals surface area (Å²) in [5.41, 5.74) is 3.20. The Hall–Kier alpha value is -3.15. The van der Waals surface area contributed by atoms with Gasteiger partial charge in [0.25, 0.3) is 11.5 Å². The molecular formula is C28H27Cl2N3O2. The van der Waals surface area contributed by atoms with Crippen molar-refractivity contribution in [3.05, 3.63) is 106 Å². The van der Waals surface area contributed by atoms with Crippen LogP contribution in [0.15, 0.2) is 83.7 Å². The van der Waals surface area contributed by atoms with Crippen LogP contribution in [0.3, 0.4) is 0 Å². The van der Waals surface area contributed by atoms with Gasteiger partial charge in [-0.25, -0.2) is 4.98 Å². The van der Waals surface area contributed by atoms with Gasteiger partial charge in [-0.1, -0.05) is 84.7 Å². The van der Waals surface area contributed by atoms with Gasteiger partial charge in [-0.15, -0.1) is 0 Å². The normalized spacial score (nSPS) is 12.1. The van der Waals surface area contributed by atoms with Crippen molar-refractivity contribution in [1.29, 1.82) is 0 Å². The van der Waals surface area contributed by atoms with Crippen molar-refractivity contribution in [2.24, 2.45) is 0 Å². The van der Waals surface area contributed by atoms with Crippen LogP contribution in [-0.4, -0.2) is 31.7 Å². The summed E-state index contributed by atoms with van der Waals surface area (Å²) in [7, 11) is 0. The maximum atomic E-state index is 13.8. The van der Waals surface area contributed by atoms with Gasteiger partial charge in [-0.2, -0.15) is 0 Å². The summed E-state index contributed by atoms with van der Waals surface area (Å²) in [4.78, 5) is 32.3. The quantitative estimate of drug-likeness (QED) is 0.274. The van der Waals surface area contributed by atoms with Crippen molar-refractivity contribution in [2.75, 3.05) is 6.54 Å². The fraction of sp³-hybridized carbons (Fsp3) is 0.250. The molecule has 3 aromatic carbocycles. The SMILES string of the molecule is CCC(c1nc2ccccc2c(=O)n1-c1cccc(C)c1)N(CCc1ccccc1)C(=O)C(Cl)Cl. The smallest absolute Gasteiger partial charge is 0.266 e. The van der Waals surface area contributed by atoms with Crippen LogP contribution in [-0.2, 0) is 11.2 Å². The number of hydrogen-bond donors (Lipinski definition) is 0. The minimum absolute atomic E-state index is 0.182. The van der Waals surface area contributed by atoms with Crippen LogP contribution in [0.25, 0.3) is 16.6 Å². The average Bonchev–Trinajstić information content (AvgIpc) is 2.86. The number of rotatable bonds is 8. The van der Waals surface area contributed by atoms with Crippen molar-refractivity contribution < 1.29 is 4.79 Å². The second-order valence-electron chi connectivity index (χ2n) is 8.46. The van der Waals surface area contributed by atoms with Crippen molar-refractivity contribution >= 4 is 40.0 Å². The molecule has 0 radical (unpaired) electrons. The number of carbonyl (C=O) groups excluding carboxylic acids is 1. The van der Waals surface area contributed by atoms with Crippen LogP contribution < -0.4 is 5.56 Å². The van der Waals surface area contributed by atoms with E-state index in [4.69, 9.17) is 28.2 Å². The van der Waals surface area contributed by atoms with E-state index in [0.29, 0.717) is 41.8 Å². The standard InChI is InChI=1S/C28H27Cl2N3O2/c1-3-24(32(28(35)25(29)30)17-16-20-11-5-4-6-12-20)26-31-23-15-8-7-14-22(23)27(34)33(26)21-13-9-10-19(2)18-21/h4-15,18,24-25H,3,16-17H2,1-2H3. The molecule has 1 heterocycles. The monoisotopic (exact) mass is 507 g/mol. The first-order valence-corrected chi connectivity index (χ1v) is 12.5. The molecule has 1 aromatic heterocycles. The number of halogens is 2. The third-order valence-electron chi connectivity index (χ3n) is 6.08. The van der Waals surface area contributed by atoms with Crippen molar-refractivity contribution in [2.45, 2.75) is 37.6 Å². The zero-order valence-electron chi connectivity index (χ0n) is 19.7. The van der Waals surface area contributed by atoms with Gasteiger partial charge in [-0.05, 0) is 55.2 Å². The Morgan fingerprint density at radius 1 is 1.00 bits per heavy atom. The minimum atomic E-state index is -1.22. The molecule has 1 amide bonds. The molecule has 180 valence electrons. The van der Waals surface area contributed by atoms with Gasteiger partial charge in [0, 0.05) is 6.54 Å². The number of amides is 1. The van der Waals surface area contributed by atoms with E-state index >= 15 is 0 Å². The molecule has 1 atom stereocenters. The second-order valence-corrected chi connectivity index (χ2v) is 9.55. The molecule has 35 heavy (non-hydrogen) atoms. The molecule has 1 unspecified atom stereocenters. The van der Waals surface area contributed by atoms with E-state index in [9.17, 15) is 9.59 Å². The highest BCUT2D eigenvalue weighted by molar-refractivity contribution is 6.53. The number of para-hydroxylation sites is 1. The molecule has 0 N–H and O–H groups in total. The van der Waals surface area contributed by atoms with Crippen LogP contribution in [0, 0.1) is 6.92 Å². The highest BCUT2D eigenvalue weighted by Gasteiger charge is 2.31. The summed E-state index contributed by atoms with van der Waals surface area (Å²) in [5, 5.41) is 0.516. The molecule has 5 nitrogen and oxygen atoms in total. The molecule has 0 fully saturated rings. The Morgan fingerprint density at radius 3 is 2.40 bits per heavy atom. The minimum Gasteiger partial charge on any atom is -0.330 e. The molecule has 4 aromatic rings. The van der Waals surface area contributed by atoms with E-state index in [2.05, 4.69) is 0 Å². The van der Waals surface area contributed by atoms with E-state index in [0.717, 1.165) is 11.1 Å². The molecule has 0 aliphatic rings. The molecule has 0 saturated carbocycles. The van der Waals surface area contributed by atoms with Crippen molar-refractivity contribution in [3.63, 3.8) is 0 Å². The van der Waals surface area contributed by atoms with Gasteiger partial charge in [0.15, 0.2) is 4.84 Å². The number of fused-ring (bicyclic) bond motifs is 1. The summed E-state index contributed by atoms with van der Waals surface area (Å²) in [6.45, 7) is 4.32. The molecule has 0 bridgehead atoms. The molecule has 0 saturated heterocycles. The molecule has 0 aliphatic carbocycles. The lowest BCUT2D eigenvalue weighted by atomic mass is 10.1. The Morgan fingerprint density at radius 2 is 1.71 bits per heavy atom. The maximum Gasteiger partial charge on any atom is 0.266 e. The first kappa shape index (κ1) is 25.0. The first-order chi connectivity index (χ1) is 16.9. The van der Waals surface area contributed by atoms with E-state index in [1.807, 2.05) is 86.6 Å². The zero-order chi connectivity index (χ0) is 24.9. The number of aryl methyl sites for hydroxylation is 1. The number of hydrogen-bond acceptors (Lipinski definition) is 3. The number of alkyl halides is 2. The highest BCUT2D eigenvalue weighted by atomic mass is 35.5. The van der Waals surface area contributed by atoms with E-state index < -0.39 is 16.8 Å².